The van der Waals surface area contributed by atoms with E-state index < -0.39 is 5.82 Å². The fraction of sp³-hybridized carbons (Fsp3) is 0.368. The highest BCUT2D eigenvalue weighted by molar-refractivity contribution is 5.96. The van der Waals surface area contributed by atoms with Crippen LogP contribution in [0.15, 0.2) is 41.3 Å². The highest BCUT2D eigenvalue weighted by atomic mass is 19.1. The Morgan fingerprint density at radius 3 is 2.73 bits per heavy atom. The molecule has 1 unspecified atom stereocenters. The van der Waals surface area contributed by atoms with E-state index in [2.05, 4.69) is 0 Å². The summed E-state index contributed by atoms with van der Waals surface area (Å²) in [7, 11) is 3.03. The van der Waals surface area contributed by atoms with Gasteiger partial charge in [0.05, 0.1) is 13.7 Å². The number of anilines is 1. The van der Waals surface area contributed by atoms with Gasteiger partial charge in [-0.1, -0.05) is 6.07 Å². The number of ether oxygens (including phenoxy) is 2. The van der Waals surface area contributed by atoms with Gasteiger partial charge in [0.25, 0.3) is 5.56 Å². The Morgan fingerprint density at radius 2 is 2.04 bits per heavy atom. The second kappa shape index (κ2) is 7.70. The molecule has 0 spiro atoms. The molecular formula is C19H21FN2O4. The van der Waals surface area contributed by atoms with Gasteiger partial charge in [0, 0.05) is 44.8 Å². The molecular weight excluding hydrogens is 339 g/mol. The molecule has 1 amide bonds. The Labute approximate surface area is 150 Å². The zero-order valence-corrected chi connectivity index (χ0v) is 14.8. The third-order valence-corrected chi connectivity index (χ3v) is 4.60. The van der Waals surface area contributed by atoms with E-state index in [0.717, 1.165) is 0 Å². The molecule has 1 aromatic heterocycles. The van der Waals surface area contributed by atoms with Crippen LogP contribution in [0.3, 0.4) is 0 Å². The number of halogens is 1. The molecule has 0 bridgehead atoms. The summed E-state index contributed by atoms with van der Waals surface area (Å²) in [4.78, 5) is 26.5. The number of carbonyl (C=O) groups excluding carboxylic acids is 1. The van der Waals surface area contributed by atoms with Gasteiger partial charge < -0.3 is 18.9 Å². The first-order chi connectivity index (χ1) is 12.5. The summed E-state index contributed by atoms with van der Waals surface area (Å²) in [5, 5.41) is 0. The molecule has 26 heavy (non-hydrogen) atoms. The van der Waals surface area contributed by atoms with Crippen molar-refractivity contribution < 1.29 is 18.7 Å². The standard InChI is InChI=1S/C19H21FN2O4/c1-25-9-8-21-7-3-4-17(19(21)24)22-12-13(10-18(22)23)15-6-5-14(26-2)11-16(15)20/h3-7,11,13H,8-10,12H2,1-2H3. The van der Waals surface area contributed by atoms with Gasteiger partial charge in [-0.2, -0.15) is 0 Å². The monoisotopic (exact) mass is 360 g/mol. The van der Waals surface area contributed by atoms with E-state index in [1.165, 1.54) is 22.6 Å². The number of rotatable bonds is 6. The first kappa shape index (κ1) is 18.1. The number of hydrogen-bond acceptors (Lipinski definition) is 4. The third-order valence-electron chi connectivity index (χ3n) is 4.60. The topological polar surface area (TPSA) is 60.8 Å². The van der Waals surface area contributed by atoms with E-state index in [1.807, 2.05) is 0 Å². The number of carbonyl (C=O) groups is 1. The molecule has 2 heterocycles. The van der Waals surface area contributed by atoms with Crippen molar-refractivity contribution in [2.75, 3.05) is 32.3 Å². The maximum atomic E-state index is 14.3. The molecule has 6 nitrogen and oxygen atoms in total. The normalized spacial score (nSPS) is 17.0. The Hall–Kier alpha value is -2.67. The minimum atomic E-state index is -0.408. The lowest BCUT2D eigenvalue weighted by atomic mass is 9.97. The van der Waals surface area contributed by atoms with Gasteiger partial charge in [0.15, 0.2) is 0 Å². The van der Waals surface area contributed by atoms with Gasteiger partial charge in [0.1, 0.15) is 17.3 Å². The van der Waals surface area contributed by atoms with E-state index in [-0.39, 0.29) is 30.3 Å². The highest BCUT2D eigenvalue weighted by Crippen LogP contribution is 2.33. The van der Waals surface area contributed by atoms with Crippen LogP contribution in [-0.4, -0.2) is 37.8 Å². The maximum Gasteiger partial charge on any atom is 0.274 e. The molecule has 1 aliphatic rings. The van der Waals surface area contributed by atoms with Crippen molar-refractivity contribution in [1.82, 2.24) is 4.57 Å². The fourth-order valence-electron chi connectivity index (χ4n) is 3.21. The van der Waals surface area contributed by atoms with Gasteiger partial charge >= 0.3 is 0 Å². The largest absolute Gasteiger partial charge is 0.497 e. The zero-order chi connectivity index (χ0) is 18.7. The summed E-state index contributed by atoms with van der Waals surface area (Å²) < 4.78 is 25.9. The summed E-state index contributed by atoms with van der Waals surface area (Å²) in [5.74, 6) is -0.474. The Kier molecular flexibility index (Phi) is 5.37. The minimum Gasteiger partial charge on any atom is -0.497 e. The molecule has 1 aromatic carbocycles. The van der Waals surface area contributed by atoms with Crippen LogP contribution in [0.2, 0.25) is 0 Å². The van der Waals surface area contributed by atoms with E-state index in [1.54, 1.807) is 37.6 Å². The predicted octanol–water partition coefficient (Wildman–Crippen LogP) is 2.16. The van der Waals surface area contributed by atoms with Gasteiger partial charge in [-0.3, -0.25) is 9.59 Å². The number of hydrogen-bond donors (Lipinski definition) is 0. The van der Waals surface area contributed by atoms with Gasteiger partial charge in [0.2, 0.25) is 5.91 Å². The van der Waals surface area contributed by atoms with Crippen LogP contribution in [0.25, 0.3) is 0 Å². The molecule has 3 rings (SSSR count). The van der Waals surface area contributed by atoms with Crippen molar-refractivity contribution in [1.29, 1.82) is 0 Å². The van der Waals surface area contributed by atoms with Crippen LogP contribution in [0, 0.1) is 5.82 Å². The van der Waals surface area contributed by atoms with Crippen LogP contribution in [0.4, 0.5) is 10.1 Å². The van der Waals surface area contributed by atoms with Crippen molar-refractivity contribution in [2.24, 2.45) is 0 Å². The molecule has 0 aliphatic carbocycles. The molecule has 1 fully saturated rings. The van der Waals surface area contributed by atoms with Crippen LogP contribution < -0.4 is 15.2 Å². The molecule has 0 radical (unpaired) electrons. The quantitative estimate of drug-likeness (QED) is 0.792. The average Bonchev–Trinajstić information content (AvgIpc) is 3.02. The molecule has 1 saturated heterocycles. The molecule has 2 aromatic rings. The Balaban J connectivity index is 1.86. The predicted molar refractivity (Wildman–Crippen MR) is 95.2 cm³/mol. The summed E-state index contributed by atoms with van der Waals surface area (Å²) >= 11 is 0. The van der Waals surface area contributed by atoms with E-state index in [4.69, 9.17) is 9.47 Å². The molecule has 0 N–H and O–H groups in total. The lowest BCUT2D eigenvalue weighted by Crippen LogP contribution is -2.33. The van der Waals surface area contributed by atoms with Crippen LogP contribution in [0.1, 0.15) is 17.9 Å². The number of methoxy groups -OCH3 is 2. The third kappa shape index (κ3) is 3.48. The van der Waals surface area contributed by atoms with Crippen molar-refractivity contribution in [2.45, 2.75) is 18.9 Å². The summed E-state index contributed by atoms with van der Waals surface area (Å²) in [6, 6.07) is 7.96. The first-order valence-corrected chi connectivity index (χ1v) is 8.37. The Bertz CT molecular complexity index is 865. The maximum absolute atomic E-state index is 14.3. The summed E-state index contributed by atoms with van der Waals surface area (Å²) in [6.07, 6.45) is 1.82. The van der Waals surface area contributed by atoms with Gasteiger partial charge in [-0.05, 0) is 23.8 Å². The van der Waals surface area contributed by atoms with Crippen LogP contribution in [-0.2, 0) is 16.1 Å². The van der Waals surface area contributed by atoms with Crippen molar-refractivity contribution >= 4 is 11.6 Å². The average molecular weight is 360 g/mol. The Morgan fingerprint density at radius 1 is 1.23 bits per heavy atom. The number of amides is 1. The van der Waals surface area contributed by atoms with E-state index in [0.29, 0.717) is 30.2 Å². The minimum absolute atomic E-state index is 0.162. The fourth-order valence-corrected chi connectivity index (χ4v) is 3.21. The van der Waals surface area contributed by atoms with Crippen LogP contribution in [0.5, 0.6) is 5.75 Å². The van der Waals surface area contributed by atoms with Crippen LogP contribution >= 0.6 is 0 Å². The zero-order valence-electron chi connectivity index (χ0n) is 14.8. The van der Waals surface area contributed by atoms with E-state index >= 15 is 0 Å². The highest BCUT2D eigenvalue weighted by Gasteiger charge is 2.34. The molecule has 7 heteroatoms. The molecule has 1 aliphatic heterocycles. The lowest BCUT2D eigenvalue weighted by Gasteiger charge is -2.18. The van der Waals surface area contributed by atoms with Gasteiger partial charge in [-0.15, -0.1) is 0 Å². The van der Waals surface area contributed by atoms with Crippen molar-refractivity contribution in [3.05, 3.63) is 58.3 Å². The van der Waals surface area contributed by atoms with Gasteiger partial charge in [-0.25, -0.2) is 4.39 Å². The van der Waals surface area contributed by atoms with Crippen molar-refractivity contribution in [3.8, 4) is 5.75 Å². The SMILES string of the molecule is COCCn1cccc(N2CC(c3ccc(OC)cc3F)CC2=O)c1=O. The number of aromatic nitrogens is 1. The molecule has 0 saturated carbocycles. The number of benzene rings is 1. The molecule has 1 atom stereocenters. The smallest absolute Gasteiger partial charge is 0.274 e. The second-order valence-electron chi connectivity index (χ2n) is 6.18. The first-order valence-electron chi connectivity index (χ1n) is 8.37. The van der Waals surface area contributed by atoms with Crippen molar-refractivity contribution in [3.63, 3.8) is 0 Å². The number of pyridine rings is 1. The second-order valence-corrected chi connectivity index (χ2v) is 6.18. The number of nitrogens with zero attached hydrogens (tertiary/aromatic N) is 2. The summed E-state index contributed by atoms with van der Waals surface area (Å²) in [5.41, 5.74) is 0.510. The lowest BCUT2D eigenvalue weighted by molar-refractivity contribution is -0.117. The summed E-state index contributed by atoms with van der Waals surface area (Å²) in [6.45, 7) is 1.07. The molecule has 138 valence electrons. The van der Waals surface area contributed by atoms with E-state index in [9.17, 15) is 14.0 Å².